The third-order valence-electron chi connectivity index (χ3n) is 7.41. The van der Waals surface area contributed by atoms with Crippen LogP contribution in [0.15, 0.2) is 0 Å². The van der Waals surface area contributed by atoms with Crippen LogP contribution in [0.25, 0.3) is 0 Å². The van der Waals surface area contributed by atoms with Gasteiger partial charge in [-0.05, 0) is 26.3 Å². The van der Waals surface area contributed by atoms with E-state index in [4.69, 9.17) is 41.9 Å². The second-order valence-corrected chi connectivity index (χ2v) is 11.5. The predicted octanol–water partition coefficient (Wildman–Crippen LogP) is -7.14. The summed E-state index contributed by atoms with van der Waals surface area (Å²) in [4.78, 5) is 10.5. The summed E-state index contributed by atoms with van der Waals surface area (Å²) in [6, 6.07) is -3.45. The van der Waals surface area contributed by atoms with Crippen molar-refractivity contribution in [3.8, 4) is 0 Å². The smallest absolute Gasteiger partial charge is 0.249 e. The van der Waals surface area contributed by atoms with Crippen molar-refractivity contribution in [2.45, 2.75) is 116 Å². The Balaban J connectivity index is 1.87. The molecule has 3 aliphatic rings. The lowest BCUT2D eigenvalue weighted by Crippen LogP contribution is -2.70. The third kappa shape index (κ3) is 7.22. The highest BCUT2D eigenvalue weighted by Crippen LogP contribution is 2.34. The summed E-state index contributed by atoms with van der Waals surface area (Å²) in [6.07, 6.45) is -17.6. The molecule has 16 atom stereocenters. The van der Waals surface area contributed by atoms with Gasteiger partial charge in [-0.2, -0.15) is 0 Å². The van der Waals surface area contributed by atoms with E-state index in [0.29, 0.717) is 0 Å². The molecule has 0 bridgehead atoms. The first-order valence-electron chi connectivity index (χ1n) is 13.0. The SMILES string of the molecule is C[C@@](O)(S)C1O[C@H](O[C@H]2C(N)C[C@@H](NC(=O)[C@@H](O)CCN)C(O)C2O[C@@H]2O[C@H](CN)C(O)C2O)C(N)C(O)[C@@H]1O. The predicted molar refractivity (Wildman–Crippen MR) is 138 cm³/mol. The van der Waals surface area contributed by atoms with Crippen molar-refractivity contribution in [1.29, 1.82) is 0 Å². The van der Waals surface area contributed by atoms with E-state index in [0.717, 1.165) is 0 Å². The summed E-state index contributed by atoms with van der Waals surface area (Å²) in [5.41, 5.74) is 23.4. The van der Waals surface area contributed by atoms with Gasteiger partial charge in [0.05, 0.1) is 12.1 Å². The topological polar surface area (TPSA) is 312 Å². The molecule has 234 valence electrons. The molecule has 40 heavy (non-hydrogen) atoms. The minimum Gasteiger partial charge on any atom is -0.388 e. The molecular weight excluding hydrogens is 558 g/mol. The summed E-state index contributed by atoms with van der Waals surface area (Å²) in [6.45, 7) is 1.10. The summed E-state index contributed by atoms with van der Waals surface area (Å²) < 4.78 is 23.0. The van der Waals surface area contributed by atoms with E-state index in [-0.39, 0.29) is 25.9 Å². The quantitative estimate of drug-likeness (QED) is 0.0817. The van der Waals surface area contributed by atoms with E-state index in [1.165, 1.54) is 6.92 Å². The maximum absolute atomic E-state index is 12.4. The highest BCUT2D eigenvalue weighted by molar-refractivity contribution is 7.81. The highest BCUT2D eigenvalue weighted by atomic mass is 32.1. The van der Waals surface area contributed by atoms with Crippen molar-refractivity contribution in [2.75, 3.05) is 13.1 Å². The van der Waals surface area contributed by atoms with Gasteiger partial charge in [-0.25, -0.2) is 0 Å². The second kappa shape index (κ2) is 13.7. The Morgan fingerprint density at radius 1 is 1.00 bits per heavy atom. The Morgan fingerprint density at radius 2 is 1.62 bits per heavy atom. The number of hydrogen-bond donors (Lipinski definition) is 13. The maximum Gasteiger partial charge on any atom is 0.249 e. The van der Waals surface area contributed by atoms with Crippen LogP contribution in [0.2, 0.25) is 0 Å². The molecule has 16 N–H and O–H groups in total. The van der Waals surface area contributed by atoms with Gasteiger partial charge >= 0.3 is 0 Å². The first-order valence-corrected chi connectivity index (χ1v) is 13.4. The van der Waals surface area contributed by atoms with Crippen molar-refractivity contribution in [2.24, 2.45) is 22.9 Å². The number of carbonyl (C=O) groups excluding carboxylic acids is 1. The fraction of sp³-hybridized carbons (Fsp3) is 0.955. The Labute approximate surface area is 236 Å². The van der Waals surface area contributed by atoms with Crippen LogP contribution in [-0.2, 0) is 23.7 Å². The van der Waals surface area contributed by atoms with Gasteiger partial charge in [-0.3, -0.25) is 4.79 Å². The highest BCUT2D eigenvalue weighted by Gasteiger charge is 2.54. The van der Waals surface area contributed by atoms with E-state index in [9.17, 15) is 40.5 Å². The molecule has 17 nitrogen and oxygen atoms in total. The number of thiol groups is 1. The van der Waals surface area contributed by atoms with Crippen LogP contribution in [0.3, 0.4) is 0 Å². The molecule has 1 saturated carbocycles. The van der Waals surface area contributed by atoms with Gasteiger partial charge in [0, 0.05) is 12.6 Å². The standard InChI is InChI=1S/C22H43N5O12S/c1-22(35,40)18-14(32)13(31)10(26)20(39-18)37-16-6(25)4-7(27-19(34)8(28)2-3-23)11(29)17(16)38-21-15(33)12(30)9(5-24)36-21/h6-18,20-21,28-33,35,40H,2-5,23-26H2,1H3,(H,27,34)/t6?,7-,8+,9-,10?,11?,12?,13?,14+,15?,16+,17?,18?,20+,21+,22-/m1/s1. The van der Waals surface area contributed by atoms with Crippen LogP contribution in [0.1, 0.15) is 19.8 Å². The second-order valence-electron chi connectivity index (χ2n) is 10.6. The molecular formula is C22H43N5O12S. The van der Waals surface area contributed by atoms with Crippen LogP contribution in [0.4, 0.5) is 0 Å². The zero-order valence-corrected chi connectivity index (χ0v) is 22.8. The number of aliphatic hydroxyl groups is 7. The van der Waals surface area contributed by atoms with E-state index in [1.54, 1.807) is 0 Å². The Hall–Kier alpha value is -0.780. The van der Waals surface area contributed by atoms with Gasteiger partial charge in [0.25, 0.3) is 0 Å². The average Bonchev–Trinajstić information content (AvgIpc) is 3.15. The summed E-state index contributed by atoms with van der Waals surface area (Å²) >= 11 is 4.00. The van der Waals surface area contributed by atoms with Crippen LogP contribution >= 0.6 is 12.6 Å². The molecule has 0 spiro atoms. The van der Waals surface area contributed by atoms with Gasteiger partial charge in [0.15, 0.2) is 12.6 Å². The Morgan fingerprint density at radius 3 is 2.17 bits per heavy atom. The fourth-order valence-corrected chi connectivity index (χ4v) is 5.29. The zero-order chi connectivity index (χ0) is 30.1. The molecule has 2 saturated heterocycles. The number of aliphatic hydroxyl groups excluding tert-OH is 6. The zero-order valence-electron chi connectivity index (χ0n) is 21.9. The van der Waals surface area contributed by atoms with Crippen LogP contribution < -0.4 is 28.3 Å². The maximum atomic E-state index is 12.4. The van der Waals surface area contributed by atoms with E-state index in [1.807, 2.05) is 0 Å². The molecule has 2 heterocycles. The summed E-state index contributed by atoms with van der Waals surface area (Å²) in [5.74, 6) is -0.816. The first kappa shape index (κ1) is 33.7. The van der Waals surface area contributed by atoms with Gasteiger partial charge in [-0.15, -0.1) is 12.6 Å². The van der Waals surface area contributed by atoms with E-state index < -0.39 is 103 Å². The van der Waals surface area contributed by atoms with E-state index in [2.05, 4.69) is 17.9 Å². The molecule has 3 fully saturated rings. The molecule has 8 unspecified atom stereocenters. The molecule has 0 radical (unpaired) electrons. The lowest BCUT2D eigenvalue weighted by Gasteiger charge is -2.49. The van der Waals surface area contributed by atoms with Crippen molar-refractivity contribution in [1.82, 2.24) is 5.32 Å². The number of amides is 1. The summed E-state index contributed by atoms with van der Waals surface area (Å²) in [7, 11) is 0. The monoisotopic (exact) mass is 601 g/mol. The number of nitrogens with one attached hydrogen (secondary N) is 1. The molecule has 0 aromatic carbocycles. The normalized spacial score (nSPS) is 46.5. The van der Waals surface area contributed by atoms with Gasteiger partial charge in [-0.1, -0.05) is 0 Å². The summed E-state index contributed by atoms with van der Waals surface area (Å²) in [5, 5.41) is 75.6. The van der Waals surface area contributed by atoms with Crippen LogP contribution in [-0.4, -0.2) is 151 Å². The van der Waals surface area contributed by atoms with Crippen molar-refractivity contribution >= 4 is 18.5 Å². The van der Waals surface area contributed by atoms with Crippen LogP contribution in [0, 0.1) is 0 Å². The van der Waals surface area contributed by atoms with Gasteiger partial charge in [0.1, 0.15) is 66.0 Å². The van der Waals surface area contributed by atoms with Gasteiger partial charge < -0.3 is 82.9 Å². The first-order chi connectivity index (χ1) is 18.6. The lowest BCUT2D eigenvalue weighted by molar-refractivity contribution is -0.318. The van der Waals surface area contributed by atoms with Gasteiger partial charge in [0.2, 0.25) is 5.91 Å². The lowest BCUT2D eigenvalue weighted by atomic mass is 9.83. The molecule has 0 aromatic rings. The Kier molecular flexibility index (Phi) is 11.5. The Bertz CT molecular complexity index is 844. The minimum atomic E-state index is -1.93. The number of nitrogens with two attached hydrogens (primary N) is 4. The van der Waals surface area contributed by atoms with Crippen molar-refractivity contribution in [3.05, 3.63) is 0 Å². The van der Waals surface area contributed by atoms with E-state index >= 15 is 0 Å². The number of hydrogen-bond acceptors (Lipinski definition) is 17. The third-order valence-corrected chi connectivity index (χ3v) is 7.67. The molecule has 0 aromatic heterocycles. The molecule has 18 heteroatoms. The number of rotatable bonds is 10. The number of carbonyl (C=O) groups is 1. The molecule has 1 amide bonds. The van der Waals surface area contributed by atoms with Crippen molar-refractivity contribution < 1.29 is 59.5 Å². The largest absolute Gasteiger partial charge is 0.388 e. The fourth-order valence-electron chi connectivity index (χ4n) is 5.07. The number of ether oxygens (including phenoxy) is 4. The average molecular weight is 602 g/mol. The molecule has 3 rings (SSSR count). The molecule has 1 aliphatic carbocycles. The molecule has 2 aliphatic heterocycles. The minimum absolute atomic E-state index is 0.0337. The van der Waals surface area contributed by atoms with Crippen molar-refractivity contribution in [3.63, 3.8) is 0 Å². The van der Waals surface area contributed by atoms with Crippen LogP contribution in [0.5, 0.6) is 0 Å².